The van der Waals surface area contributed by atoms with Gasteiger partial charge in [-0.2, -0.15) is 0 Å². The van der Waals surface area contributed by atoms with Gasteiger partial charge in [0.05, 0.1) is 4.90 Å². The molecule has 0 aliphatic carbocycles. The van der Waals surface area contributed by atoms with Gasteiger partial charge in [0, 0.05) is 22.0 Å². The van der Waals surface area contributed by atoms with Crippen LogP contribution in [-0.4, -0.2) is 40.0 Å². The van der Waals surface area contributed by atoms with Gasteiger partial charge in [0.25, 0.3) is 0 Å². The Morgan fingerprint density at radius 3 is 2.71 bits per heavy atom. The topological polar surface area (TPSA) is 49.4 Å². The summed E-state index contributed by atoms with van der Waals surface area (Å²) in [5.41, 5.74) is 0.995. The quantitative estimate of drug-likeness (QED) is 0.783. The monoisotopic (exact) mass is 438 g/mol. The molecule has 118 valence electrons. The van der Waals surface area contributed by atoms with E-state index in [-0.39, 0.29) is 4.90 Å². The largest absolute Gasteiger partial charge is 0.306 e. The highest BCUT2D eigenvalue weighted by molar-refractivity contribution is 9.11. The number of piperidine rings is 1. The van der Waals surface area contributed by atoms with Crippen molar-refractivity contribution < 1.29 is 8.42 Å². The Kier molecular flexibility index (Phi) is 5.87. The molecule has 0 amide bonds. The Balaban J connectivity index is 2.10. The zero-order valence-electron chi connectivity index (χ0n) is 12.2. The van der Waals surface area contributed by atoms with Gasteiger partial charge in [-0.05, 0) is 72.9 Å². The number of sulfonamides is 1. The zero-order chi connectivity index (χ0) is 15.6. The van der Waals surface area contributed by atoms with Crippen molar-refractivity contribution in [2.45, 2.75) is 24.7 Å². The minimum atomic E-state index is -3.49. The molecule has 2 rings (SSSR count). The summed E-state index contributed by atoms with van der Waals surface area (Å²) >= 11 is 6.73. The van der Waals surface area contributed by atoms with Crippen LogP contribution in [-0.2, 0) is 10.0 Å². The Morgan fingerprint density at radius 1 is 1.33 bits per heavy atom. The van der Waals surface area contributed by atoms with E-state index in [4.69, 9.17) is 0 Å². The van der Waals surface area contributed by atoms with Crippen molar-refractivity contribution in [3.63, 3.8) is 0 Å². The van der Waals surface area contributed by atoms with E-state index in [1.807, 2.05) is 13.0 Å². The number of aryl methyl sites for hydroxylation is 1. The number of nitrogens with one attached hydrogen (secondary N) is 1. The van der Waals surface area contributed by atoms with Gasteiger partial charge in [-0.15, -0.1) is 0 Å². The molecule has 1 aliphatic rings. The average Bonchev–Trinajstić information content (AvgIpc) is 2.41. The number of halogens is 2. The van der Waals surface area contributed by atoms with Crippen molar-refractivity contribution in [2.24, 2.45) is 5.92 Å². The molecule has 0 saturated carbocycles. The van der Waals surface area contributed by atoms with Crippen LogP contribution in [0.3, 0.4) is 0 Å². The maximum absolute atomic E-state index is 12.5. The van der Waals surface area contributed by atoms with Gasteiger partial charge < -0.3 is 4.90 Å². The summed E-state index contributed by atoms with van der Waals surface area (Å²) in [7, 11) is -1.41. The molecule has 7 heteroatoms. The Hall–Kier alpha value is 0.0500. The second-order valence-corrected chi connectivity index (χ2v) is 9.10. The smallest absolute Gasteiger partial charge is 0.241 e. The standard InChI is InChI=1S/C14H20Br2N2O2S/c1-10-6-13(16)14(7-12(10)15)21(19,20)17-8-11-4-3-5-18(2)9-11/h6-7,11,17H,3-5,8-9H2,1-2H3. The second kappa shape index (κ2) is 7.08. The van der Waals surface area contributed by atoms with Crippen molar-refractivity contribution in [1.82, 2.24) is 9.62 Å². The van der Waals surface area contributed by atoms with Gasteiger partial charge in [-0.1, -0.05) is 15.9 Å². The number of benzene rings is 1. The summed E-state index contributed by atoms with van der Waals surface area (Å²) in [5.74, 6) is 0.381. The van der Waals surface area contributed by atoms with E-state index >= 15 is 0 Å². The fraction of sp³-hybridized carbons (Fsp3) is 0.571. The SMILES string of the molecule is Cc1cc(Br)c(S(=O)(=O)NCC2CCCN(C)C2)cc1Br. The summed E-state index contributed by atoms with van der Waals surface area (Å²) in [6.45, 7) is 4.46. The van der Waals surface area contributed by atoms with E-state index in [0.29, 0.717) is 16.9 Å². The van der Waals surface area contributed by atoms with Crippen LogP contribution in [0.15, 0.2) is 26.0 Å². The van der Waals surface area contributed by atoms with Gasteiger partial charge in [-0.25, -0.2) is 13.1 Å². The minimum absolute atomic E-state index is 0.282. The first kappa shape index (κ1) is 17.4. The van der Waals surface area contributed by atoms with E-state index in [2.05, 4.69) is 48.5 Å². The molecule has 21 heavy (non-hydrogen) atoms. The summed E-state index contributed by atoms with van der Waals surface area (Å²) in [4.78, 5) is 2.53. The van der Waals surface area contributed by atoms with Crippen LogP contribution >= 0.6 is 31.9 Å². The third-order valence-corrected chi connectivity index (χ3v) is 7.02. The fourth-order valence-corrected chi connectivity index (χ4v) is 5.37. The molecule has 1 fully saturated rings. The van der Waals surface area contributed by atoms with Gasteiger partial charge >= 0.3 is 0 Å². The van der Waals surface area contributed by atoms with Crippen molar-refractivity contribution in [3.8, 4) is 0 Å². The predicted octanol–water partition coefficient (Wildman–Crippen LogP) is 3.14. The first-order valence-corrected chi connectivity index (χ1v) is 10.0. The number of hydrogen-bond acceptors (Lipinski definition) is 3. The molecule has 1 heterocycles. The average molecular weight is 440 g/mol. The number of likely N-dealkylation sites (tertiary alicyclic amines) is 1. The molecule has 1 aromatic rings. The van der Waals surface area contributed by atoms with Crippen LogP contribution in [0.2, 0.25) is 0 Å². The number of hydrogen-bond donors (Lipinski definition) is 1. The number of nitrogens with zero attached hydrogens (tertiary/aromatic N) is 1. The lowest BCUT2D eigenvalue weighted by Crippen LogP contribution is -2.39. The van der Waals surface area contributed by atoms with Gasteiger partial charge in [0.15, 0.2) is 0 Å². The summed E-state index contributed by atoms with van der Waals surface area (Å²) in [6, 6.07) is 3.46. The second-order valence-electron chi connectivity index (χ2n) is 5.65. The summed E-state index contributed by atoms with van der Waals surface area (Å²) < 4.78 is 29.1. The predicted molar refractivity (Wildman–Crippen MR) is 92.0 cm³/mol. The Morgan fingerprint density at radius 2 is 2.05 bits per heavy atom. The highest BCUT2D eigenvalue weighted by Crippen LogP contribution is 2.29. The molecule has 0 spiro atoms. The normalized spacial score (nSPS) is 20.7. The van der Waals surface area contributed by atoms with Crippen molar-refractivity contribution in [3.05, 3.63) is 26.6 Å². The van der Waals surface area contributed by atoms with Gasteiger partial charge in [-0.3, -0.25) is 0 Å². The highest BCUT2D eigenvalue weighted by atomic mass is 79.9. The molecule has 1 saturated heterocycles. The first-order valence-electron chi connectivity index (χ1n) is 6.93. The zero-order valence-corrected chi connectivity index (χ0v) is 16.2. The van der Waals surface area contributed by atoms with Crippen LogP contribution in [0.5, 0.6) is 0 Å². The maximum atomic E-state index is 12.5. The lowest BCUT2D eigenvalue weighted by atomic mass is 9.99. The van der Waals surface area contributed by atoms with E-state index < -0.39 is 10.0 Å². The fourth-order valence-electron chi connectivity index (χ4n) is 2.58. The van der Waals surface area contributed by atoms with E-state index in [1.54, 1.807) is 6.07 Å². The Bertz CT molecular complexity index is 620. The van der Waals surface area contributed by atoms with Gasteiger partial charge in [0.1, 0.15) is 0 Å². The molecular weight excluding hydrogens is 420 g/mol. The minimum Gasteiger partial charge on any atom is -0.306 e. The molecule has 0 aromatic heterocycles. The molecule has 0 radical (unpaired) electrons. The molecule has 1 atom stereocenters. The van der Waals surface area contributed by atoms with Crippen LogP contribution < -0.4 is 4.72 Å². The molecule has 0 bridgehead atoms. The first-order chi connectivity index (χ1) is 9.79. The number of rotatable bonds is 4. The molecule has 1 unspecified atom stereocenters. The summed E-state index contributed by atoms with van der Waals surface area (Å²) in [5, 5.41) is 0. The highest BCUT2D eigenvalue weighted by Gasteiger charge is 2.22. The van der Waals surface area contributed by atoms with Crippen LogP contribution in [0.1, 0.15) is 18.4 Å². The summed E-state index contributed by atoms with van der Waals surface area (Å²) in [6.07, 6.45) is 2.20. The van der Waals surface area contributed by atoms with E-state index in [1.165, 1.54) is 0 Å². The van der Waals surface area contributed by atoms with Crippen LogP contribution in [0.25, 0.3) is 0 Å². The maximum Gasteiger partial charge on any atom is 0.241 e. The van der Waals surface area contributed by atoms with Crippen molar-refractivity contribution in [1.29, 1.82) is 0 Å². The molecule has 4 nitrogen and oxygen atoms in total. The van der Waals surface area contributed by atoms with E-state index in [9.17, 15) is 8.42 Å². The third kappa shape index (κ3) is 4.51. The Labute approximate surface area is 143 Å². The molecule has 1 aromatic carbocycles. The van der Waals surface area contributed by atoms with Crippen molar-refractivity contribution >= 4 is 41.9 Å². The molecule has 1 N–H and O–H groups in total. The van der Waals surface area contributed by atoms with Crippen LogP contribution in [0.4, 0.5) is 0 Å². The lowest BCUT2D eigenvalue weighted by molar-refractivity contribution is 0.211. The lowest BCUT2D eigenvalue weighted by Gasteiger charge is -2.29. The van der Waals surface area contributed by atoms with Crippen LogP contribution in [0, 0.1) is 12.8 Å². The van der Waals surface area contributed by atoms with Crippen molar-refractivity contribution in [2.75, 3.05) is 26.7 Å². The van der Waals surface area contributed by atoms with E-state index in [0.717, 1.165) is 36.0 Å². The van der Waals surface area contributed by atoms with Gasteiger partial charge in [0.2, 0.25) is 10.0 Å². The third-order valence-electron chi connectivity index (χ3n) is 3.79. The molecule has 1 aliphatic heterocycles. The molecular formula is C14H20Br2N2O2S.